The van der Waals surface area contributed by atoms with Gasteiger partial charge in [-0.25, -0.2) is 8.78 Å². The van der Waals surface area contributed by atoms with E-state index in [1.54, 1.807) is 0 Å². The largest absolute Gasteiger partial charge is 0.315 e. The van der Waals surface area contributed by atoms with Crippen LogP contribution in [0.15, 0.2) is 12.1 Å². The van der Waals surface area contributed by atoms with Gasteiger partial charge in [0.2, 0.25) is 0 Å². The highest BCUT2D eigenvalue weighted by Crippen LogP contribution is 2.29. The average molecular weight is 204 g/mol. The third kappa shape index (κ3) is 1.42. The van der Waals surface area contributed by atoms with Gasteiger partial charge < -0.3 is 5.32 Å². The van der Waals surface area contributed by atoms with Gasteiger partial charge in [0.05, 0.1) is 5.02 Å². The quantitative estimate of drug-likeness (QED) is 0.691. The number of hydrogen-bond donors (Lipinski definition) is 1. The molecule has 70 valence electrons. The van der Waals surface area contributed by atoms with E-state index in [9.17, 15) is 8.78 Å². The van der Waals surface area contributed by atoms with Gasteiger partial charge in [0.1, 0.15) is 11.6 Å². The van der Waals surface area contributed by atoms with Crippen LogP contribution in [0.2, 0.25) is 5.02 Å². The van der Waals surface area contributed by atoms with Gasteiger partial charge in [-0.1, -0.05) is 11.6 Å². The molecule has 0 spiro atoms. The van der Waals surface area contributed by atoms with E-state index in [-0.39, 0.29) is 16.5 Å². The maximum absolute atomic E-state index is 13.3. The molecule has 4 heteroatoms. The Morgan fingerprint density at radius 1 is 1.31 bits per heavy atom. The molecule has 1 fully saturated rings. The molecule has 1 aliphatic rings. The Balaban J connectivity index is 2.46. The number of benzene rings is 1. The van der Waals surface area contributed by atoms with Crippen LogP contribution < -0.4 is 5.32 Å². The van der Waals surface area contributed by atoms with Crippen LogP contribution in [0.1, 0.15) is 11.5 Å². The minimum absolute atomic E-state index is 0.0108. The lowest BCUT2D eigenvalue weighted by atomic mass is 9.93. The monoisotopic (exact) mass is 203 g/mol. The van der Waals surface area contributed by atoms with E-state index in [0.29, 0.717) is 13.1 Å². The number of hydrogen-bond acceptors (Lipinski definition) is 1. The van der Waals surface area contributed by atoms with Gasteiger partial charge in [-0.15, -0.1) is 0 Å². The van der Waals surface area contributed by atoms with E-state index in [4.69, 9.17) is 11.6 Å². The van der Waals surface area contributed by atoms with E-state index in [2.05, 4.69) is 5.32 Å². The number of nitrogens with one attached hydrogen (secondary N) is 1. The second-order valence-corrected chi connectivity index (χ2v) is 3.52. The molecule has 0 amide bonds. The average Bonchev–Trinajstić information content (AvgIpc) is 2.02. The minimum atomic E-state index is -0.617. The first kappa shape index (κ1) is 8.91. The van der Waals surface area contributed by atoms with Crippen LogP contribution in [-0.4, -0.2) is 13.1 Å². The van der Waals surface area contributed by atoms with Gasteiger partial charge in [0.15, 0.2) is 0 Å². The number of halogens is 3. The highest BCUT2D eigenvalue weighted by molar-refractivity contribution is 6.30. The van der Waals surface area contributed by atoms with Crippen LogP contribution in [0.5, 0.6) is 0 Å². The molecule has 1 saturated heterocycles. The molecule has 2 rings (SSSR count). The first-order chi connectivity index (χ1) is 6.20. The highest BCUT2D eigenvalue weighted by Gasteiger charge is 2.26. The van der Waals surface area contributed by atoms with Crippen molar-refractivity contribution in [3.05, 3.63) is 34.4 Å². The third-order valence-corrected chi connectivity index (χ3v) is 2.56. The lowest BCUT2D eigenvalue weighted by Crippen LogP contribution is -2.40. The summed E-state index contributed by atoms with van der Waals surface area (Å²) in [5, 5.41) is 2.95. The summed E-state index contributed by atoms with van der Waals surface area (Å²) in [4.78, 5) is 0. The van der Waals surface area contributed by atoms with E-state index >= 15 is 0 Å². The van der Waals surface area contributed by atoms with Crippen LogP contribution >= 0.6 is 11.6 Å². The summed E-state index contributed by atoms with van der Waals surface area (Å²) in [5.74, 6) is -1.19. The predicted molar refractivity (Wildman–Crippen MR) is 47.0 cm³/mol. The SMILES string of the molecule is Fc1ccc(Cl)c(F)c1C1CNC1. The molecule has 1 aromatic rings. The van der Waals surface area contributed by atoms with Crippen LogP contribution in [0.3, 0.4) is 0 Å². The van der Waals surface area contributed by atoms with Crippen molar-refractivity contribution in [1.82, 2.24) is 5.32 Å². The van der Waals surface area contributed by atoms with Crippen molar-refractivity contribution < 1.29 is 8.78 Å². The summed E-state index contributed by atoms with van der Waals surface area (Å²) < 4.78 is 26.5. The van der Waals surface area contributed by atoms with Gasteiger partial charge in [0, 0.05) is 24.6 Å². The second-order valence-electron chi connectivity index (χ2n) is 3.11. The molecule has 1 nitrogen and oxygen atoms in total. The highest BCUT2D eigenvalue weighted by atomic mass is 35.5. The molecule has 0 radical (unpaired) electrons. The zero-order chi connectivity index (χ0) is 9.42. The zero-order valence-corrected chi connectivity index (χ0v) is 7.54. The molecule has 13 heavy (non-hydrogen) atoms. The molecule has 0 saturated carbocycles. The van der Waals surface area contributed by atoms with E-state index in [1.807, 2.05) is 0 Å². The van der Waals surface area contributed by atoms with E-state index in [0.717, 1.165) is 0 Å². The van der Waals surface area contributed by atoms with Crippen LogP contribution in [0.25, 0.3) is 0 Å². The molecule has 0 bridgehead atoms. The Morgan fingerprint density at radius 2 is 2.00 bits per heavy atom. The fourth-order valence-electron chi connectivity index (χ4n) is 1.41. The molecule has 1 N–H and O–H groups in total. The summed E-state index contributed by atoms with van der Waals surface area (Å²) in [5.41, 5.74) is 0.117. The first-order valence-electron chi connectivity index (χ1n) is 4.04. The van der Waals surface area contributed by atoms with Crippen molar-refractivity contribution in [2.75, 3.05) is 13.1 Å². The molecule has 0 aliphatic carbocycles. The molecule has 1 aromatic carbocycles. The molecular weight excluding hydrogens is 196 g/mol. The maximum atomic E-state index is 13.3. The summed E-state index contributed by atoms with van der Waals surface area (Å²) in [7, 11) is 0. The summed E-state index contributed by atoms with van der Waals surface area (Å²) >= 11 is 5.55. The Bertz CT molecular complexity index is 337. The van der Waals surface area contributed by atoms with Crippen LogP contribution in [0.4, 0.5) is 8.78 Å². The van der Waals surface area contributed by atoms with Gasteiger partial charge in [0.25, 0.3) is 0 Å². The van der Waals surface area contributed by atoms with E-state index in [1.165, 1.54) is 12.1 Å². The Kier molecular flexibility index (Phi) is 2.22. The summed E-state index contributed by atoms with van der Waals surface area (Å²) in [6.07, 6.45) is 0. The van der Waals surface area contributed by atoms with Gasteiger partial charge >= 0.3 is 0 Å². The van der Waals surface area contributed by atoms with Crippen LogP contribution in [0, 0.1) is 11.6 Å². The Hall–Kier alpha value is -0.670. The zero-order valence-electron chi connectivity index (χ0n) is 6.78. The molecule has 1 heterocycles. The topological polar surface area (TPSA) is 12.0 Å². The normalized spacial score (nSPS) is 17.2. The molecule has 0 atom stereocenters. The van der Waals surface area contributed by atoms with Crippen LogP contribution in [-0.2, 0) is 0 Å². The van der Waals surface area contributed by atoms with Gasteiger partial charge in [-0.3, -0.25) is 0 Å². The van der Waals surface area contributed by atoms with Crippen molar-refractivity contribution in [2.24, 2.45) is 0 Å². The molecule has 1 aliphatic heterocycles. The molecule has 0 aromatic heterocycles. The lowest BCUT2D eigenvalue weighted by Gasteiger charge is -2.28. The number of rotatable bonds is 1. The van der Waals surface area contributed by atoms with Crippen molar-refractivity contribution >= 4 is 11.6 Å². The van der Waals surface area contributed by atoms with Gasteiger partial charge in [-0.2, -0.15) is 0 Å². The fraction of sp³-hybridized carbons (Fsp3) is 0.333. The molecule has 0 unspecified atom stereocenters. The Labute approximate surface area is 79.7 Å². The Morgan fingerprint density at radius 3 is 2.54 bits per heavy atom. The first-order valence-corrected chi connectivity index (χ1v) is 4.42. The second kappa shape index (κ2) is 3.24. The van der Waals surface area contributed by atoms with Crippen molar-refractivity contribution in [2.45, 2.75) is 5.92 Å². The van der Waals surface area contributed by atoms with Crippen molar-refractivity contribution in [3.8, 4) is 0 Å². The lowest BCUT2D eigenvalue weighted by molar-refractivity contribution is 0.411. The standard InChI is InChI=1S/C9H8ClF2N/c10-6-1-2-7(11)8(9(6)12)5-3-13-4-5/h1-2,5,13H,3-4H2. The van der Waals surface area contributed by atoms with Crippen molar-refractivity contribution in [1.29, 1.82) is 0 Å². The fourth-order valence-corrected chi connectivity index (χ4v) is 1.57. The van der Waals surface area contributed by atoms with E-state index < -0.39 is 11.6 Å². The van der Waals surface area contributed by atoms with Crippen molar-refractivity contribution in [3.63, 3.8) is 0 Å². The summed E-state index contributed by atoms with van der Waals surface area (Å²) in [6.45, 7) is 1.24. The van der Waals surface area contributed by atoms with Gasteiger partial charge in [-0.05, 0) is 12.1 Å². The maximum Gasteiger partial charge on any atom is 0.148 e. The minimum Gasteiger partial charge on any atom is -0.315 e. The molecular formula is C9H8ClF2N. The predicted octanol–water partition coefficient (Wildman–Crippen LogP) is 2.31. The third-order valence-electron chi connectivity index (χ3n) is 2.27. The summed E-state index contributed by atoms with van der Waals surface area (Å²) in [6, 6.07) is 2.45. The smallest absolute Gasteiger partial charge is 0.148 e.